The Kier molecular flexibility index (Phi) is 6.54. The molecule has 2 amide bonds. The van der Waals surface area contributed by atoms with Gasteiger partial charge in [0.05, 0.1) is 0 Å². The van der Waals surface area contributed by atoms with Gasteiger partial charge in [0.25, 0.3) is 11.8 Å². The highest BCUT2D eigenvalue weighted by atomic mass is 35.5. The fraction of sp³-hybridized carbons (Fsp3) is 0.333. The molecule has 0 bridgehead atoms. The lowest BCUT2D eigenvalue weighted by atomic mass is 10.1. The van der Waals surface area contributed by atoms with E-state index in [2.05, 4.69) is 16.0 Å². The molecule has 1 saturated heterocycles. The normalized spacial score (nSPS) is 18.4. The Morgan fingerprint density at radius 3 is 2.61 bits per heavy atom. The maximum absolute atomic E-state index is 12.5. The zero-order valence-corrected chi connectivity index (χ0v) is 16.3. The molecule has 6 nitrogen and oxygen atoms in total. The second-order valence-electron chi connectivity index (χ2n) is 6.99. The van der Waals surface area contributed by atoms with E-state index in [4.69, 9.17) is 4.74 Å². The highest BCUT2D eigenvalue weighted by molar-refractivity contribution is 5.98. The van der Waals surface area contributed by atoms with Gasteiger partial charge in [0, 0.05) is 23.7 Å². The lowest BCUT2D eigenvalue weighted by Crippen LogP contribution is -2.42. The topological polar surface area (TPSA) is 79.5 Å². The van der Waals surface area contributed by atoms with Crippen molar-refractivity contribution >= 4 is 29.9 Å². The molecule has 0 radical (unpaired) electrons. The summed E-state index contributed by atoms with van der Waals surface area (Å²) in [4.78, 5) is 25.0. The standard InChI is InChI=1S/C21H23N3O3.ClH/c25-20(23-16-8-10-22-11-9-16)15-5-3-6-17(12-15)24-21(26)19-13-14-4-1-2-7-18(14)27-19;/h1-7,12,16,19,22H,8-11,13H2,(H,23,25)(H,24,26);1H. The van der Waals surface area contributed by atoms with E-state index in [1.807, 2.05) is 24.3 Å². The Balaban J connectivity index is 0.00000225. The lowest BCUT2D eigenvalue weighted by molar-refractivity contribution is -0.122. The van der Waals surface area contributed by atoms with Gasteiger partial charge in [-0.15, -0.1) is 12.4 Å². The van der Waals surface area contributed by atoms with E-state index in [1.165, 1.54) is 0 Å². The van der Waals surface area contributed by atoms with Gasteiger partial charge in [0.1, 0.15) is 5.75 Å². The molecule has 1 unspecified atom stereocenters. The predicted octanol–water partition coefficient (Wildman–Crippen LogP) is 2.53. The van der Waals surface area contributed by atoms with Gasteiger partial charge in [0.15, 0.2) is 6.10 Å². The Morgan fingerprint density at radius 2 is 1.82 bits per heavy atom. The zero-order chi connectivity index (χ0) is 18.6. The van der Waals surface area contributed by atoms with Crippen molar-refractivity contribution in [1.29, 1.82) is 0 Å². The number of amides is 2. The molecule has 2 aromatic rings. The van der Waals surface area contributed by atoms with Crippen LogP contribution in [0.4, 0.5) is 5.69 Å². The van der Waals surface area contributed by atoms with Crippen LogP contribution in [0.2, 0.25) is 0 Å². The minimum absolute atomic E-state index is 0. The molecule has 2 heterocycles. The Labute approximate surface area is 170 Å². The fourth-order valence-electron chi connectivity index (χ4n) is 3.52. The van der Waals surface area contributed by atoms with Crippen LogP contribution in [0.1, 0.15) is 28.8 Å². The van der Waals surface area contributed by atoms with E-state index in [1.54, 1.807) is 24.3 Å². The summed E-state index contributed by atoms with van der Waals surface area (Å²) < 4.78 is 5.72. The summed E-state index contributed by atoms with van der Waals surface area (Å²) in [5.41, 5.74) is 2.17. The van der Waals surface area contributed by atoms with Gasteiger partial charge in [0.2, 0.25) is 0 Å². The quantitative estimate of drug-likeness (QED) is 0.735. The van der Waals surface area contributed by atoms with Gasteiger partial charge in [-0.3, -0.25) is 9.59 Å². The molecule has 0 spiro atoms. The molecular weight excluding hydrogens is 378 g/mol. The molecule has 3 N–H and O–H groups in total. The van der Waals surface area contributed by atoms with Crippen LogP contribution >= 0.6 is 12.4 Å². The van der Waals surface area contributed by atoms with Crippen molar-refractivity contribution in [3.8, 4) is 5.75 Å². The van der Waals surface area contributed by atoms with Crippen LogP contribution < -0.4 is 20.7 Å². The summed E-state index contributed by atoms with van der Waals surface area (Å²) in [5.74, 6) is 0.442. The van der Waals surface area contributed by atoms with Gasteiger partial charge in [-0.2, -0.15) is 0 Å². The highest BCUT2D eigenvalue weighted by Crippen LogP contribution is 2.28. The first kappa shape index (κ1) is 20.2. The molecule has 2 aliphatic heterocycles. The first-order valence-electron chi connectivity index (χ1n) is 9.36. The molecule has 1 atom stereocenters. The Hall–Kier alpha value is -2.57. The molecule has 7 heteroatoms. The minimum atomic E-state index is -0.547. The van der Waals surface area contributed by atoms with Gasteiger partial charge in [-0.25, -0.2) is 0 Å². The second-order valence-corrected chi connectivity index (χ2v) is 6.99. The van der Waals surface area contributed by atoms with E-state index < -0.39 is 6.10 Å². The smallest absolute Gasteiger partial charge is 0.265 e. The van der Waals surface area contributed by atoms with Crippen LogP contribution in [0.5, 0.6) is 5.75 Å². The number of fused-ring (bicyclic) bond motifs is 1. The van der Waals surface area contributed by atoms with Crippen molar-refractivity contribution in [2.24, 2.45) is 0 Å². The number of carbonyl (C=O) groups is 2. The molecular formula is C21H24ClN3O3. The number of piperidine rings is 1. The molecule has 148 valence electrons. The Morgan fingerprint density at radius 1 is 1.04 bits per heavy atom. The number of carbonyl (C=O) groups excluding carboxylic acids is 2. The third-order valence-corrected chi connectivity index (χ3v) is 5.01. The SMILES string of the molecule is Cl.O=C(NC1CCNCC1)c1cccc(NC(=O)C2Cc3ccccc3O2)c1. The van der Waals surface area contributed by atoms with E-state index in [9.17, 15) is 9.59 Å². The fourth-order valence-corrected chi connectivity index (χ4v) is 3.52. The number of anilines is 1. The van der Waals surface area contributed by atoms with Crippen molar-refractivity contribution in [2.45, 2.75) is 31.4 Å². The van der Waals surface area contributed by atoms with Crippen LogP contribution in [0.3, 0.4) is 0 Å². The number of ether oxygens (including phenoxy) is 1. The predicted molar refractivity (Wildman–Crippen MR) is 110 cm³/mol. The van der Waals surface area contributed by atoms with Crippen LogP contribution in [-0.4, -0.2) is 37.0 Å². The molecule has 2 aromatic carbocycles. The molecule has 0 saturated carbocycles. The number of hydrogen-bond donors (Lipinski definition) is 3. The number of hydrogen-bond acceptors (Lipinski definition) is 4. The third-order valence-electron chi connectivity index (χ3n) is 5.01. The molecule has 2 aliphatic rings. The van der Waals surface area contributed by atoms with Gasteiger partial charge in [-0.1, -0.05) is 24.3 Å². The average Bonchev–Trinajstić information content (AvgIpc) is 3.13. The number of halogens is 1. The van der Waals surface area contributed by atoms with E-state index in [0.717, 1.165) is 37.2 Å². The molecule has 28 heavy (non-hydrogen) atoms. The molecule has 1 fully saturated rings. The highest BCUT2D eigenvalue weighted by Gasteiger charge is 2.28. The lowest BCUT2D eigenvalue weighted by Gasteiger charge is -2.23. The van der Waals surface area contributed by atoms with Crippen LogP contribution in [0.25, 0.3) is 0 Å². The average molecular weight is 402 g/mol. The maximum atomic E-state index is 12.5. The summed E-state index contributed by atoms with van der Waals surface area (Å²) >= 11 is 0. The number of benzene rings is 2. The van der Waals surface area contributed by atoms with Crippen molar-refractivity contribution in [3.05, 3.63) is 59.7 Å². The largest absolute Gasteiger partial charge is 0.480 e. The van der Waals surface area contributed by atoms with Crippen molar-refractivity contribution in [2.75, 3.05) is 18.4 Å². The van der Waals surface area contributed by atoms with Crippen LogP contribution in [-0.2, 0) is 11.2 Å². The third kappa shape index (κ3) is 4.64. The minimum Gasteiger partial charge on any atom is -0.480 e. The van der Waals surface area contributed by atoms with Crippen molar-refractivity contribution in [1.82, 2.24) is 10.6 Å². The van der Waals surface area contributed by atoms with E-state index in [-0.39, 0.29) is 30.3 Å². The monoisotopic (exact) mass is 401 g/mol. The molecule has 0 aromatic heterocycles. The van der Waals surface area contributed by atoms with Crippen LogP contribution in [0, 0.1) is 0 Å². The number of rotatable bonds is 4. The van der Waals surface area contributed by atoms with Crippen molar-refractivity contribution in [3.63, 3.8) is 0 Å². The van der Waals surface area contributed by atoms with Crippen molar-refractivity contribution < 1.29 is 14.3 Å². The number of para-hydroxylation sites is 1. The summed E-state index contributed by atoms with van der Waals surface area (Å²) in [6.07, 6.45) is 1.87. The first-order chi connectivity index (χ1) is 13.2. The summed E-state index contributed by atoms with van der Waals surface area (Å²) in [5, 5.41) is 9.21. The van der Waals surface area contributed by atoms with E-state index in [0.29, 0.717) is 17.7 Å². The van der Waals surface area contributed by atoms with E-state index >= 15 is 0 Å². The second kappa shape index (κ2) is 9.08. The van der Waals surface area contributed by atoms with Gasteiger partial charge >= 0.3 is 0 Å². The molecule has 0 aliphatic carbocycles. The Bertz CT molecular complexity index is 827. The van der Waals surface area contributed by atoms with Gasteiger partial charge in [-0.05, 0) is 55.8 Å². The van der Waals surface area contributed by atoms with Crippen LogP contribution in [0.15, 0.2) is 48.5 Å². The maximum Gasteiger partial charge on any atom is 0.265 e. The zero-order valence-electron chi connectivity index (χ0n) is 15.4. The number of nitrogens with one attached hydrogen (secondary N) is 3. The summed E-state index contributed by atoms with van der Waals surface area (Å²) in [6.45, 7) is 1.84. The van der Waals surface area contributed by atoms with Gasteiger partial charge < -0.3 is 20.7 Å². The summed E-state index contributed by atoms with van der Waals surface area (Å²) in [7, 11) is 0. The summed E-state index contributed by atoms with van der Waals surface area (Å²) in [6, 6.07) is 14.9. The first-order valence-corrected chi connectivity index (χ1v) is 9.36. The molecule has 4 rings (SSSR count).